The van der Waals surface area contributed by atoms with Gasteiger partial charge >= 0.3 is 0 Å². The van der Waals surface area contributed by atoms with E-state index in [0.29, 0.717) is 5.92 Å². The summed E-state index contributed by atoms with van der Waals surface area (Å²) in [4.78, 5) is 10.1. The van der Waals surface area contributed by atoms with E-state index in [2.05, 4.69) is 93.6 Å². The zero-order valence-electron chi connectivity index (χ0n) is 17.3. The Labute approximate surface area is 172 Å². The quantitative estimate of drug-likeness (QED) is 0.730. The minimum Gasteiger partial charge on any atom is -0.255 e. The molecule has 0 bridgehead atoms. The second-order valence-electron chi connectivity index (χ2n) is 8.54. The first-order chi connectivity index (χ1) is 14.1. The summed E-state index contributed by atoms with van der Waals surface area (Å²) in [6, 6.07) is 12.8. The minimum atomic E-state index is -0.110. The molecular weight excluding hydrogens is 352 g/mol. The summed E-state index contributed by atoms with van der Waals surface area (Å²) in [5.74, 6) is 0.429. The smallest absolute Gasteiger partial charge is 0.0932 e. The molecular formula is C27H26N2. The summed E-state index contributed by atoms with van der Waals surface area (Å²) in [5.41, 5.74) is 7.10. The van der Waals surface area contributed by atoms with Crippen LogP contribution < -0.4 is 10.6 Å². The molecule has 1 aliphatic heterocycles. The third-order valence-electron chi connectivity index (χ3n) is 6.40. The van der Waals surface area contributed by atoms with Gasteiger partial charge in [0, 0.05) is 28.0 Å². The molecule has 0 radical (unpaired) electrons. The molecule has 29 heavy (non-hydrogen) atoms. The fourth-order valence-corrected chi connectivity index (χ4v) is 4.94. The number of dihydropyridines is 1. The number of allylic oxidation sites excluding steroid dienone is 5. The lowest BCUT2D eigenvalue weighted by Crippen LogP contribution is -2.43. The predicted molar refractivity (Wildman–Crippen MR) is 122 cm³/mol. The van der Waals surface area contributed by atoms with Gasteiger partial charge in [0.1, 0.15) is 0 Å². The van der Waals surface area contributed by atoms with E-state index in [4.69, 9.17) is 9.98 Å². The van der Waals surface area contributed by atoms with Gasteiger partial charge in [-0.3, -0.25) is 9.98 Å². The minimum absolute atomic E-state index is 0.110. The largest absolute Gasteiger partial charge is 0.255 e. The van der Waals surface area contributed by atoms with Crippen molar-refractivity contribution in [3.05, 3.63) is 88.6 Å². The van der Waals surface area contributed by atoms with Crippen LogP contribution in [0.25, 0.3) is 22.9 Å². The average Bonchev–Trinajstić information content (AvgIpc) is 2.74. The SMILES string of the molecule is CC1=NC2=c3nc(C)cc(-c4ccccc4)c3=CCC2(C)C(C2C=CC=CC2)=C1. The lowest BCUT2D eigenvalue weighted by molar-refractivity contribution is 0.479. The summed E-state index contributed by atoms with van der Waals surface area (Å²) in [7, 11) is 0. The highest BCUT2D eigenvalue weighted by molar-refractivity contribution is 5.99. The Kier molecular flexibility index (Phi) is 4.24. The van der Waals surface area contributed by atoms with Crippen molar-refractivity contribution < 1.29 is 0 Å². The van der Waals surface area contributed by atoms with Gasteiger partial charge in [-0.1, -0.05) is 60.7 Å². The molecule has 2 heterocycles. The average molecular weight is 379 g/mol. The van der Waals surface area contributed by atoms with Crippen LogP contribution in [0.5, 0.6) is 0 Å². The number of aryl methyl sites for hydroxylation is 1. The molecule has 144 valence electrons. The van der Waals surface area contributed by atoms with E-state index in [9.17, 15) is 0 Å². The van der Waals surface area contributed by atoms with E-state index < -0.39 is 0 Å². The molecule has 0 fully saturated rings. The van der Waals surface area contributed by atoms with Crippen molar-refractivity contribution in [3.63, 3.8) is 0 Å². The summed E-state index contributed by atoms with van der Waals surface area (Å²) in [6.45, 7) is 6.55. The summed E-state index contributed by atoms with van der Waals surface area (Å²) in [6.07, 6.45) is 15.6. The van der Waals surface area contributed by atoms with Gasteiger partial charge in [0.05, 0.1) is 11.0 Å². The summed E-state index contributed by atoms with van der Waals surface area (Å²) >= 11 is 0. The fourth-order valence-electron chi connectivity index (χ4n) is 4.94. The Bertz CT molecular complexity index is 1230. The van der Waals surface area contributed by atoms with E-state index in [1.54, 1.807) is 0 Å². The molecule has 0 saturated heterocycles. The van der Waals surface area contributed by atoms with Gasteiger partial charge in [0.2, 0.25) is 0 Å². The molecule has 2 atom stereocenters. The molecule has 0 spiro atoms. The standard InChI is InChI=1S/C27H26N2/c1-18-16-23(20-10-6-4-7-11-20)22-14-15-27(3)24(21-12-8-5-9-13-21)17-19(2)29-26(27)25(22)28-18/h4-12,14,16-17,21H,13,15H2,1-3H3. The van der Waals surface area contributed by atoms with Gasteiger partial charge < -0.3 is 0 Å². The number of pyridine rings is 1. The van der Waals surface area contributed by atoms with Crippen molar-refractivity contribution in [2.45, 2.75) is 33.6 Å². The first-order valence-corrected chi connectivity index (χ1v) is 10.4. The maximum Gasteiger partial charge on any atom is 0.0932 e. The lowest BCUT2D eigenvalue weighted by atomic mass is 9.66. The number of nitrogens with zero attached hydrogens (tertiary/aromatic N) is 2. The number of rotatable bonds is 2. The zero-order chi connectivity index (χ0) is 20.0. The van der Waals surface area contributed by atoms with Gasteiger partial charge in [0.25, 0.3) is 0 Å². The normalized spacial score (nSPS) is 24.9. The Morgan fingerprint density at radius 2 is 1.90 bits per heavy atom. The van der Waals surface area contributed by atoms with Crippen LogP contribution in [0.3, 0.4) is 0 Å². The second kappa shape index (κ2) is 6.81. The van der Waals surface area contributed by atoms with Crippen molar-refractivity contribution >= 4 is 17.5 Å². The molecule has 2 nitrogen and oxygen atoms in total. The van der Waals surface area contributed by atoms with Crippen LogP contribution in [-0.4, -0.2) is 10.7 Å². The molecule has 2 aliphatic carbocycles. The summed E-state index contributed by atoms with van der Waals surface area (Å²) < 4.78 is 0. The number of hydrogen-bond acceptors (Lipinski definition) is 2. The van der Waals surface area contributed by atoms with Gasteiger partial charge in [0.15, 0.2) is 0 Å². The van der Waals surface area contributed by atoms with Gasteiger partial charge in [-0.15, -0.1) is 0 Å². The lowest BCUT2D eigenvalue weighted by Gasteiger charge is -2.40. The maximum atomic E-state index is 5.07. The molecule has 2 unspecified atom stereocenters. The van der Waals surface area contributed by atoms with Gasteiger partial charge in [-0.05, 0) is 62.5 Å². The highest BCUT2D eigenvalue weighted by Crippen LogP contribution is 2.48. The molecule has 1 aromatic carbocycles. The number of fused-ring (bicyclic) bond motifs is 2. The number of aliphatic imine (C=N–C) groups is 1. The van der Waals surface area contributed by atoms with E-state index in [1.165, 1.54) is 21.9 Å². The van der Waals surface area contributed by atoms with Crippen LogP contribution in [0.4, 0.5) is 0 Å². The third-order valence-corrected chi connectivity index (χ3v) is 6.40. The Balaban J connectivity index is 1.78. The highest BCUT2D eigenvalue weighted by Gasteiger charge is 2.40. The predicted octanol–water partition coefficient (Wildman–Crippen LogP) is 4.89. The van der Waals surface area contributed by atoms with Crippen LogP contribution in [0.1, 0.15) is 32.4 Å². The van der Waals surface area contributed by atoms with Crippen LogP contribution in [-0.2, 0) is 0 Å². The maximum absolute atomic E-state index is 5.07. The van der Waals surface area contributed by atoms with Gasteiger partial charge in [-0.2, -0.15) is 0 Å². The molecule has 5 rings (SSSR count). The fraction of sp³-hybridized carbons (Fsp3) is 0.259. The zero-order valence-corrected chi connectivity index (χ0v) is 17.3. The van der Waals surface area contributed by atoms with E-state index >= 15 is 0 Å². The third kappa shape index (κ3) is 2.95. The Morgan fingerprint density at radius 3 is 2.66 bits per heavy atom. The second-order valence-corrected chi connectivity index (χ2v) is 8.54. The molecule has 0 N–H and O–H groups in total. The van der Waals surface area contributed by atoms with Crippen molar-refractivity contribution in [1.82, 2.24) is 4.98 Å². The first kappa shape index (κ1) is 18.1. The highest BCUT2D eigenvalue weighted by atomic mass is 14.8. The first-order valence-electron chi connectivity index (χ1n) is 10.4. The topological polar surface area (TPSA) is 25.2 Å². The molecule has 0 amide bonds. The van der Waals surface area contributed by atoms with Crippen molar-refractivity contribution in [3.8, 4) is 11.1 Å². The number of benzene rings is 1. The molecule has 0 saturated carbocycles. The van der Waals surface area contributed by atoms with E-state index in [-0.39, 0.29) is 5.41 Å². The van der Waals surface area contributed by atoms with Crippen LogP contribution in [0.2, 0.25) is 0 Å². The van der Waals surface area contributed by atoms with Crippen molar-refractivity contribution in [2.75, 3.05) is 0 Å². The summed E-state index contributed by atoms with van der Waals surface area (Å²) in [5, 5.41) is 2.28. The molecule has 2 heteroatoms. The van der Waals surface area contributed by atoms with E-state index in [1.807, 2.05) is 0 Å². The van der Waals surface area contributed by atoms with Gasteiger partial charge in [-0.25, -0.2) is 0 Å². The van der Waals surface area contributed by atoms with E-state index in [0.717, 1.165) is 35.3 Å². The van der Waals surface area contributed by atoms with Crippen LogP contribution >= 0.6 is 0 Å². The Morgan fingerprint density at radius 1 is 1.07 bits per heavy atom. The number of hydrogen-bond donors (Lipinski definition) is 0. The number of aromatic nitrogens is 1. The van der Waals surface area contributed by atoms with Crippen molar-refractivity contribution in [2.24, 2.45) is 16.3 Å². The van der Waals surface area contributed by atoms with Crippen LogP contribution in [0, 0.1) is 18.3 Å². The van der Waals surface area contributed by atoms with Crippen LogP contribution in [0.15, 0.2) is 77.3 Å². The monoisotopic (exact) mass is 378 g/mol. The Hall–Kier alpha value is -3.00. The molecule has 2 aromatic rings. The molecule has 1 aromatic heterocycles. The molecule has 3 aliphatic rings. The van der Waals surface area contributed by atoms with Crippen molar-refractivity contribution in [1.29, 1.82) is 0 Å².